The monoisotopic (exact) mass is 290 g/mol. The average molecular weight is 290 g/mol. The van der Waals surface area contributed by atoms with Gasteiger partial charge in [-0.15, -0.1) is 0 Å². The second-order valence-corrected chi connectivity index (χ2v) is 6.68. The Morgan fingerprint density at radius 1 is 1.15 bits per heavy atom. The van der Waals surface area contributed by atoms with Crippen LogP contribution in [-0.4, -0.2) is 11.2 Å². The molecule has 1 saturated carbocycles. The second-order valence-electron chi connectivity index (χ2n) is 6.27. The molecule has 20 heavy (non-hydrogen) atoms. The molecule has 0 amide bonds. The molecule has 1 aliphatic carbocycles. The molecule has 0 aromatic heterocycles. The summed E-state index contributed by atoms with van der Waals surface area (Å²) < 4.78 is 0. The molecule has 0 bridgehead atoms. The van der Waals surface area contributed by atoms with Gasteiger partial charge in [-0.25, -0.2) is 0 Å². The predicted molar refractivity (Wildman–Crippen MR) is 91.2 cm³/mol. The molecule has 0 spiro atoms. The van der Waals surface area contributed by atoms with Crippen LogP contribution in [0.1, 0.15) is 44.2 Å². The van der Waals surface area contributed by atoms with Gasteiger partial charge in [0.2, 0.25) is 0 Å². The van der Waals surface area contributed by atoms with E-state index in [1.54, 1.807) is 0 Å². The third-order valence-electron chi connectivity index (χ3n) is 4.79. The number of nitrogens with one attached hydrogen (secondary N) is 2. The van der Waals surface area contributed by atoms with Gasteiger partial charge in [0.1, 0.15) is 0 Å². The maximum Gasteiger partial charge on any atom is 0.171 e. The SMILES string of the molecule is Cc1ccc(NC(=S)N[C@@H]2CCC[C@H](C)[C@H]2C)cc1C. The molecular formula is C17H26N2S. The lowest BCUT2D eigenvalue weighted by atomic mass is 9.78. The van der Waals surface area contributed by atoms with Crippen LogP contribution < -0.4 is 10.6 Å². The van der Waals surface area contributed by atoms with Crippen molar-refractivity contribution in [3.05, 3.63) is 29.3 Å². The summed E-state index contributed by atoms with van der Waals surface area (Å²) in [7, 11) is 0. The molecule has 0 radical (unpaired) electrons. The normalized spacial score (nSPS) is 26.1. The fraction of sp³-hybridized carbons (Fsp3) is 0.588. The Hall–Kier alpha value is -1.09. The zero-order valence-electron chi connectivity index (χ0n) is 13.0. The molecule has 2 nitrogen and oxygen atoms in total. The van der Waals surface area contributed by atoms with E-state index in [1.165, 1.54) is 30.4 Å². The maximum absolute atomic E-state index is 5.46. The molecule has 1 fully saturated rings. The number of hydrogen-bond donors (Lipinski definition) is 2. The van der Waals surface area contributed by atoms with Gasteiger partial charge in [-0.2, -0.15) is 0 Å². The molecule has 2 rings (SSSR count). The minimum Gasteiger partial charge on any atom is -0.359 e. The van der Waals surface area contributed by atoms with Crippen molar-refractivity contribution in [2.45, 2.75) is 53.0 Å². The van der Waals surface area contributed by atoms with E-state index >= 15 is 0 Å². The summed E-state index contributed by atoms with van der Waals surface area (Å²) in [6.45, 7) is 8.93. The van der Waals surface area contributed by atoms with Gasteiger partial charge in [-0.1, -0.05) is 32.8 Å². The van der Waals surface area contributed by atoms with Crippen LogP contribution in [0.3, 0.4) is 0 Å². The third-order valence-corrected chi connectivity index (χ3v) is 5.01. The van der Waals surface area contributed by atoms with Gasteiger partial charge in [0.15, 0.2) is 5.11 Å². The van der Waals surface area contributed by atoms with Gasteiger partial charge in [-0.3, -0.25) is 0 Å². The highest BCUT2D eigenvalue weighted by Crippen LogP contribution is 2.29. The lowest BCUT2D eigenvalue weighted by Gasteiger charge is -2.35. The summed E-state index contributed by atoms with van der Waals surface area (Å²) in [6, 6.07) is 6.87. The average Bonchev–Trinajstić information content (AvgIpc) is 2.39. The van der Waals surface area contributed by atoms with Crippen LogP contribution in [0.5, 0.6) is 0 Å². The molecule has 3 heteroatoms. The molecule has 1 aromatic carbocycles. The summed E-state index contributed by atoms with van der Waals surface area (Å²) in [5.74, 6) is 1.47. The number of rotatable bonds is 2. The van der Waals surface area contributed by atoms with Gasteiger partial charge in [0.25, 0.3) is 0 Å². The van der Waals surface area contributed by atoms with Crippen molar-refractivity contribution in [2.75, 3.05) is 5.32 Å². The fourth-order valence-electron chi connectivity index (χ4n) is 2.94. The van der Waals surface area contributed by atoms with E-state index in [0.717, 1.165) is 16.7 Å². The van der Waals surface area contributed by atoms with Crippen LogP contribution in [0.2, 0.25) is 0 Å². The first-order valence-electron chi connectivity index (χ1n) is 7.62. The molecule has 0 heterocycles. The molecule has 3 atom stereocenters. The molecule has 2 N–H and O–H groups in total. The van der Waals surface area contributed by atoms with Crippen molar-refractivity contribution in [2.24, 2.45) is 11.8 Å². The fourth-order valence-corrected chi connectivity index (χ4v) is 3.21. The molecule has 1 aromatic rings. The van der Waals surface area contributed by atoms with Crippen molar-refractivity contribution < 1.29 is 0 Å². The largest absolute Gasteiger partial charge is 0.359 e. The third kappa shape index (κ3) is 3.72. The van der Waals surface area contributed by atoms with Crippen molar-refractivity contribution in [1.29, 1.82) is 0 Å². The Labute approximate surface area is 128 Å². The van der Waals surface area contributed by atoms with Crippen molar-refractivity contribution in [3.8, 4) is 0 Å². The Bertz CT molecular complexity index is 484. The quantitative estimate of drug-likeness (QED) is 0.789. The van der Waals surface area contributed by atoms with Gasteiger partial charge < -0.3 is 10.6 Å². The zero-order chi connectivity index (χ0) is 14.7. The summed E-state index contributed by atoms with van der Waals surface area (Å²) in [5.41, 5.74) is 3.67. The second kappa shape index (κ2) is 6.57. The Balaban J connectivity index is 1.93. The number of aryl methyl sites for hydroxylation is 2. The summed E-state index contributed by atoms with van der Waals surface area (Å²) in [6.07, 6.45) is 3.87. The van der Waals surface area contributed by atoms with E-state index in [0.29, 0.717) is 12.0 Å². The zero-order valence-corrected chi connectivity index (χ0v) is 13.8. The van der Waals surface area contributed by atoms with E-state index in [2.05, 4.69) is 56.5 Å². The van der Waals surface area contributed by atoms with Gasteiger partial charge in [0, 0.05) is 11.7 Å². The summed E-state index contributed by atoms with van der Waals surface area (Å²) in [4.78, 5) is 0. The topological polar surface area (TPSA) is 24.1 Å². The van der Waals surface area contributed by atoms with Gasteiger partial charge in [-0.05, 0) is 67.6 Å². The molecule has 0 saturated heterocycles. The van der Waals surface area contributed by atoms with Crippen molar-refractivity contribution in [1.82, 2.24) is 5.32 Å². The van der Waals surface area contributed by atoms with Crippen molar-refractivity contribution >= 4 is 23.0 Å². The lowest BCUT2D eigenvalue weighted by Crippen LogP contribution is -2.45. The summed E-state index contributed by atoms with van der Waals surface area (Å²) in [5, 5.41) is 7.56. The Kier molecular flexibility index (Phi) is 5.03. The number of hydrogen-bond acceptors (Lipinski definition) is 1. The van der Waals surface area contributed by atoms with Crippen molar-refractivity contribution in [3.63, 3.8) is 0 Å². The first-order valence-corrected chi connectivity index (χ1v) is 8.03. The first-order chi connectivity index (χ1) is 9.47. The highest BCUT2D eigenvalue weighted by molar-refractivity contribution is 7.80. The van der Waals surface area contributed by atoms with Crippen LogP contribution in [-0.2, 0) is 0 Å². The van der Waals surface area contributed by atoms with E-state index in [9.17, 15) is 0 Å². The van der Waals surface area contributed by atoms with Gasteiger partial charge in [0.05, 0.1) is 0 Å². The smallest absolute Gasteiger partial charge is 0.171 e. The van der Waals surface area contributed by atoms with E-state index in [1.807, 2.05) is 0 Å². The molecule has 0 unspecified atom stereocenters. The standard InChI is InChI=1S/C17H26N2S/c1-11-8-9-15(10-13(11)3)18-17(20)19-16-7-5-6-12(2)14(16)4/h8-10,12,14,16H,5-7H2,1-4H3,(H2,18,19,20)/t12-,14+,16+/m0/s1. The molecule has 1 aliphatic rings. The number of anilines is 1. The predicted octanol–water partition coefficient (Wildman–Crippen LogP) is 4.41. The van der Waals surface area contributed by atoms with Crippen LogP contribution in [0, 0.1) is 25.7 Å². The van der Waals surface area contributed by atoms with Crippen LogP contribution in [0.15, 0.2) is 18.2 Å². The Morgan fingerprint density at radius 2 is 1.90 bits per heavy atom. The number of thiocarbonyl (C=S) groups is 1. The van der Waals surface area contributed by atoms with Gasteiger partial charge >= 0.3 is 0 Å². The highest BCUT2D eigenvalue weighted by atomic mass is 32.1. The molecular weight excluding hydrogens is 264 g/mol. The van der Waals surface area contributed by atoms with E-state index in [4.69, 9.17) is 12.2 Å². The highest BCUT2D eigenvalue weighted by Gasteiger charge is 2.27. The van der Waals surface area contributed by atoms with Crippen LogP contribution in [0.25, 0.3) is 0 Å². The Morgan fingerprint density at radius 3 is 2.60 bits per heavy atom. The molecule has 0 aliphatic heterocycles. The summed E-state index contributed by atoms with van der Waals surface area (Å²) >= 11 is 5.46. The first kappa shape index (κ1) is 15.3. The number of benzene rings is 1. The minimum atomic E-state index is 0.505. The minimum absolute atomic E-state index is 0.505. The van der Waals surface area contributed by atoms with Crippen LogP contribution >= 0.6 is 12.2 Å². The van der Waals surface area contributed by atoms with E-state index in [-0.39, 0.29) is 0 Å². The molecule has 110 valence electrons. The van der Waals surface area contributed by atoms with E-state index < -0.39 is 0 Å². The van der Waals surface area contributed by atoms with Crippen LogP contribution in [0.4, 0.5) is 5.69 Å². The maximum atomic E-state index is 5.46. The lowest BCUT2D eigenvalue weighted by molar-refractivity contribution is 0.225.